The summed E-state index contributed by atoms with van der Waals surface area (Å²) in [7, 11) is 1.46. The van der Waals surface area contributed by atoms with Gasteiger partial charge in [0, 0.05) is 12.7 Å². The van der Waals surface area contributed by atoms with Crippen molar-refractivity contribution in [3.05, 3.63) is 58.7 Å². The Morgan fingerprint density at radius 2 is 1.44 bits per heavy atom. The van der Waals surface area contributed by atoms with Gasteiger partial charge < -0.3 is 14.2 Å². The molecule has 7 heteroatoms. The molecule has 2 aromatic rings. The van der Waals surface area contributed by atoms with Crippen molar-refractivity contribution in [3.63, 3.8) is 0 Å². The molecule has 0 spiro atoms. The van der Waals surface area contributed by atoms with Crippen molar-refractivity contribution in [2.24, 2.45) is 5.92 Å². The molecule has 0 aromatic heterocycles. The maximum Gasteiger partial charge on any atom is 0.204 e. The van der Waals surface area contributed by atoms with Crippen molar-refractivity contribution >= 4 is 0 Å². The van der Waals surface area contributed by atoms with Crippen LogP contribution >= 0.6 is 0 Å². The van der Waals surface area contributed by atoms with Gasteiger partial charge in [0.2, 0.25) is 11.6 Å². The van der Waals surface area contributed by atoms with Crippen molar-refractivity contribution in [3.8, 4) is 11.5 Å². The maximum absolute atomic E-state index is 14.8. The van der Waals surface area contributed by atoms with Crippen molar-refractivity contribution in [1.82, 2.24) is 0 Å². The Morgan fingerprint density at radius 1 is 0.781 bits per heavy atom. The molecule has 0 amide bonds. The van der Waals surface area contributed by atoms with Crippen LogP contribution < -0.4 is 9.47 Å². The lowest BCUT2D eigenvalue weighted by Crippen LogP contribution is -2.15. The summed E-state index contributed by atoms with van der Waals surface area (Å²) in [6.45, 7) is 2.02. The van der Waals surface area contributed by atoms with Crippen LogP contribution in [0.5, 0.6) is 11.5 Å². The summed E-state index contributed by atoms with van der Waals surface area (Å²) < 4.78 is 73.0. The molecular weight excluding hydrogens is 424 g/mol. The highest BCUT2D eigenvalue weighted by molar-refractivity contribution is 5.35. The second kappa shape index (κ2) is 11.5. The molecule has 32 heavy (non-hydrogen) atoms. The van der Waals surface area contributed by atoms with Gasteiger partial charge in [0.15, 0.2) is 23.1 Å². The molecule has 1 fully saturated rings. The van der Waals surface area contributed by atoms with E-state index in [4.69, 9.17) is 14.2 Å². The third-order valence-corrected chi connectivity index (χ3v) is 6.12. The molecule has 3 nitrogen and oxygen atoms in total. The number of hydrogen-bond donors (Lipinski definition) is 0. The first-order valence-electron chi connectivity index (χ1n) is 11.2. The van der Waals surface area contributed by atoms with Crippen LogP contribution in [0.3, 0.4) is 0 Å². The topological polar surface area (TPSA) is 27.7 Å². The fourth-order valence-corrected chi connectivity index (χ4v) is 4.33. The molecule has 1 aliphatic carbocycles. The quantitative estimate of drug-likeness (QED) is 0.288. The Bertz CT molecular complexity index is 895. The first-order valence-corrected chi connectivity index (χ1v) is 11.2. The number of hydrogen-bond acceptors (Lipinski definition) is 3. The predicted octanol–water partition coefficient (Wildman–Crippen LogP) is 6.92. The predicted molar refractivity (Wildman–Crippen MR) is 114 cm³/mol. The highest BCUT2D eigenvalue weighted by Crippen LogP contribution is 2.39. The lowest BCUT2D eigenvalue weighted by atomic mass is 9.77. The van der Waals surface area contributed by atoms with Crippen molar-refractivity contribution in [1.29, 1.82) is 0 Å². The third-order valence-electron chi connectivity index (χ3n) is 6.12. The zero-order valence-electron chi connectivity index (χ0n) is 18.6. The second-order valence-electron chi connectivity index (χ2n) is 8.27. The van der Waals surface area contributed by atoms with E-state index in [0.717, 1.165) is 32.1 Å². The molecule has 0 atom stereocenters. The van der Waals surface area contributed by atoms with E-state index in [1.165, 1.54) is 31.7 Å². The average molecular weight is 455 g/mol. The van der Waals surface area contributed by atoms with Crippen molar-refractivity contribution in [2.75, 3.05) is 20.3 Å². The molecule has 3 rings (SSSR count). The standard InChI is InChI=1S/C25H30F4O3/c1-3-4-16-5-7-17(8-6-16)19-10-9-18(22(26)23(19)27)15-32-21-12-11-20(24(28)25(21)29)31-14-13-30-2/h9-12,16-17H,3-8,13-15H2,1-2H3. The summed E-state index contributed by atoms with van der Waals surface area (Å²) in [4.78, 5) is 0. The molecule has 2 aromatic carbocycles. The lowest BCUT2D eigenvalue weighted by Gasteiger charge is -2.29. The second-order valence-corrected chi connectivity index (χ2v) is 8.27. The van der Waals surface area contributed by atoms with Gasteiger partial charge in [-0.15, -0.1) is 0 Å². The SMILES string of the molecule is CCCC1CCC(c2ccc(COc3ccc(OCCOC)c(F)c3F)c(F)c2F)CC1. The van der Waals surface area contributed by atoms with Gasteiger partial charge in [0.1, 0.15) is 13.2 Å². The fourth-order valence-electron chi connectivity index (χ4n) is 4.33. The van der Waals surface area contributed by atoms with E-state index in [-0.39, 0.29) is 30.4 Å². The van der Waals surface area contributed by atoms with Gasteiger partial charge in [0.05, 0.1) is 6.61 Å². The van der Waals surface area contributed by atoms with Crippen LogP contribution in [0.2, 0.25) is 0 Å². The van der Waals surface area contributed by atoms with Gasteiger partial charge in [-0.3, -0.25) is 0 Å². The number of benzene rings is 2. The van der Waals surface area contributed by atoms with Crippen LogP contribution in [0.15, 0.2) is 24.3 Å². The Morgan fingerprint density at radius 3 is 2.06 bits per heavy atom. The van der Waals surface area contributed by atoms with Crippen LogP contribution in [-0.4, -0.2) is 20.3 Å². The van der Waals surface area contributed by atoms with Crippen molar-refractivity contribution in [2.45, 2.75) is 58.0 Å². The summed E-state index contributed by atoms with van der Waals surface area (Å²) >= 11 is 0. The zero-order chi connectivity index (χ0) is 23.1. The Balaban J connectivity index is 1.65. The largest absolute Gasteiger partial charge is 0.488 e. The zero-order valence-corrected chi connectivity index (χ0v) is 18.6. The number of halogens is 4. The highest BCUT2D eigenvalue weighted by Gasteiger charge is 2.26. The van der Waals surface area contributed by atoms with E-state index >= 15 is 0 Å². The van der Waals surface area contributed by atoms with E-state index in [1.807, 2.05) is 0 Å². The number of rotatable bonds is 10. The summed E-state index contributed by atoms with van der Waals surface area (Å²) in [5, 5.41) is 0. The molecular formula is C25H30F4O3. The smallest absolute Gasteiger partial charge is 0.204 e. The minimum atomic E-state index is -1.25. The highest BCUT2D eigenvalue weighted by atomic mass is 19.2. The first kappa shape index (κ1) is 24.4. The molecule has 176 valence electrons. The summed E-state index contributed by atoms with van der Waals surface area (Å²) in [6.07, 6.45) is 6.07. The van der Waals surface area contributed by atoms with E-state index in [9.17, 15) is 17.6 Å². The fraction of sp³-hybridized carbons (Fsp3) is 0.520. The molecule has 1 aliphatic rings. The van der Waals surface area contributed by atoms with E-state index in [0.29, 0.717) is 11.5 Å². The minimum absolute atomic E-state index is 0.00441. The normalized spacial score (nSPS) is 18.6. The molecule has 0 N–H and O–H groups in total. The summed E-state index contributed by atoms with van der Waals surface area (Å²) in [5.74, 6) is -4.34. The monoisotopic (exact) mass is 454 g/mol. The molecule has 0 unspecified atom stereocenters. The van der Waals surface area contributed by atoms with Gasteiger partial charge in [-0.05, 0) is 55.2 Å². The summed E-state index contributed by atoms with van der Waals surface area (Å²) in [6, 6.07) is 5.46. The number of ether oxygens (including phenoxy) is 3. The molecule has 0 saturated heterocycles. The third kappa shape index (κ3) is 5.74. The molecule has 0 aliphatic heterocycles. The van der Waals surface area contributed by atoms with Crippen LogP contribution in [0, 0.1) is 29.2 Å². The van der Waals surface area contributed by atoms with Gasteiger partial charge in [-0.2, -0.15) is 8.78 Å². The van der Waals surface area contributed by atoms with Crippen LogP contribution in [0.4, 0.5) is 17.6 Å². The molecule has 1 saturated carbocycles. The van der Waals surface area contributed by atoms with Crippen molar-refractivity contribution < 1.29 is 31.8 Å². The maximum atomic E-state index is 14.8. The van der Waals surface area contributed by atoms with Crippen LogP contribution in [-0.2, 0) is 11.3 Å². The summed E-state index contributed by atoms with van der Waals surface area (Å²) in [5.41, 5.74) is 0.335. The van der Waals surface area contributed by atoms with E-state index < -0.39 is 35.6 Å². The van der Waals surface area contributed by atoms with Crippen LogP contribution in [0.1, 0.15) is 62.5 Å². The van der Waals surface area contributed by atoms with Crippen LogP contribution in [0.25, 0.3) is 0 Å². The Labute approximate surface area is 186 Å². The van der Waals surface area contributed by atoms with E-state index in [1.54, 1.807) is 6.07 Å². The lowest BCUT2D eigenvalue weighted by molar-refractivity contribution is 0.143. The molecule has 0 radical (unpaired) electrons. The van der Waals surface area contributed by atoms with Gasteiger partial charge in [-0.1, -0.05) is 31.9 Å². The molecule has 0 heterocycles. The molecule has 0 bridgehead atoms. The van der Waals surface area contributed by atoms with E-state index in [2.05, 4.69) is 6.92 Å². The first-order chi connectivity index (χ1) is 15.5. The number of methoxy groups -OCH3 is 1. The van der Waals surface area contributed by atoms with Gasteiger partial charge in [0.25, 0.3) is 0 Å². The minimum Gasteiger partial charge on any atom is -0.488 e. The van der Waals surface area contributed by atoms with Gasteiger partial charge >= 0.3 is 0 Å². The Kier molecular flexibility index (Phi) is 8.79. The average Bonchev–Trinajstić information content (AvgIpc) is 2.80. The van der Waals surface area contributed by atoms with Gasteiger partial charge in [-0.25, -0.2) is 8.78 Å². The Hall–Kier alpha value is -2.28.